The van der Waals surface area contributed by atoms with Crippen LogP contribution in [0.5, 0.6) is 0 Å². The van der Waals surface area contributed by atoms with Crippen LogP contribution in [-0.4, -0.2) is 44.4 Å². The molecule has 0 bridgehead atoms. The van der Waals surface area contributed by atoms with Crippen molar-refractivity contribution in [3.05, 3.63) is 65.9 Å². The molecule has 0 radical (unpaired) electrons. The minimum Gasteiger partial charge on any atom is -0.332 e. The SMILES string of the molecule is C[C@H]1[C@H](Nc2ccc(C(F)(F)F)c[nH+]2)CCCN1C(=O)c1cc(F)ccc1-n1nccn1. The van der Waals surface area contributed by atoms with E-state index in [1.54, 1.807) is 4.90 Å². The quantitative estimate of drug-likeness (QED) is 0.620. The number of carbonyl (C=O) groups is 1. The average Bonchev–Trinajstić information content (AvgIpc) is 3.29. The fourth-order valence-corrected chi connectivity index (χ4v) is 3.86. The summed E-state index contributed by atoms with van der Waals surface area (Å²) in [7, 11) is 0. The van der Waals surface area contributed by atoms with Crippen molar-refractivity contribution in [2.24, 2.45) is 0 Å². The topological polar surface area (TPSA) is 77.2 Å². The normalized spacial score (nSPS) is 19.1. The molecule has 1 amide bonds. The first-order chi connectivity index (χ1) is 15.2. The number of aromatic amines is 1. The van der Waals surface area contributed by atoms with Crippen molar-refractivity contribution in [3.63, 3.8) is 0 Å². The Hall–Kier alpha value is -3.50. The molecular formula is C21H21F4N6O+. The number of likely N-dealkylation sites (tertiary alicyclic amines) is 1. The Morgan fingerprint density at radius 3 is 2.59 bits per heavy atom. The maximum atomic E-state index is 14.0. The molecular weight excluding hydrogens is 428 g/mol. The molecule has 2 atom stereocenters. The van der Waals surface area contributed by atoms with Crippen molar-refractivity contribution in [1.29, 1.82) is 0 Å². The lowest BCUT2D eigenvalue weighted by Crippen LogP contribution is -2.52. The van der Waals surface area contributed by atoms with Crippen LogP contribution in [0.3, 0.4) is 0 Å². The van der Waals surface area contributed by atoms with Gasteiger partial charge in [0.1, 0.15) is 18.1 Å². The number of pyridine rings is 1. The van der Waals surface area contributed by atoms with Crippen LogP contribution >= 0.6 is 0 Å². The molecule has 3 heterocycles. The summed E-state index contributed by atoms with van der Waals surface area (Å²) in [4.78, 5) is 18.9. The molecule has 0 unspecified atom stereocenters. The van der Waals surface area contributed by atoms with Gasteiger partial charge in [-0.1, -0.05) is 0 Å². The summed E-state index contributed by atoms with van der Waals surface area (Å²) in [6.07, 6.45) is 0.788. The first kappa shape index (κ1) is 21.7. The predicted molar refractivity (Wildman–Crippen MR) is 106 cm³/mol. The highest BCUT2D eigenvalue weighted by Gasteiger charge is 2.36. The Morgan fingerprint density at radius 2 is 1.94 bits per heavy atom. The van der Waals surface area contributed by atoms with E-state index < -0.39 is 17.6 Å². The molecule has 32 heavy (non-hydrogen) atoms. The Morgan fingerprint density at radius 1 is 1.19 bits per heavy atom. The van der Waals surface area contributed by atoms with Crippen molar-refractivity contribution in [2.45, 2.75) is 38.0 Å². The van der Waals surface area contributed by atoms with Gasteiger partial charge in [0.15, 0.2) is 0 Å². The van der Waals surface area contributed by atoms with Crippen molar-refractivity contribution in [3.8, 4) is 5.69 Å². The van der Waals surface area contributed by atoms with E-state index in [9.17, 15) is 22.4 Å². The predicted octanol–water partition coefficient (Wildman–Crippen LogP) is 3.34. The number of anilines is 1. The number of rotatable bonds is 4. The van der Waals surface area contributed by atoms with Gasteiger partial charge in [0.25, 0.3) is 11.7 Å². The van der Waals surface area contributed by atoms with Gasteiger partial charge in [-0.05, 0) is 44.0 Å². The molecule has 7 nitrogen and oxygen atoms in total. The number of piperidine rings is 1. The van der Waals surface area contributed by atoms with Gasteiger partial charge in [-0.25, -0.2) is 9.37 Å². The minimum atomic E-state index is -4.43. The van der Waals surface area contributed by atoms with E-state index in [2.05, 4.69) is 20.5 Å². The van der Waals surface area contributed by atoms with Crippen LogP contribution in [0, 0.1) is 5.82 Å². The van der Waals surface area contributed by atoms with Gasteiger partial charge in [0.05, 0.1) is 35.2 Å². The molecule has 168 valence electrons. The highest BCUT2D eigenvalue weighted by atomic mass is 19.4. The first-order valence-corrected chi connectivity index (χ1v) is 10.1. The molecule has 0 aliphatic carbocycles. The number of nitrogens with one attached hydrogen (secondary N) is 2. The zero-order chi connectivity index (χ0) is 22.9. The molecule has 0 spiro atoms. The van der Waals surface area contributed by atoms with Crippen LogP contribution in [0.25, 0.3) is 5.69 Å². The summed E-state index contributed by atoms with van der Waals surface area (Å²) >= 11 is 0. The fraction of sp³-hybridized carbons (Fsp3) is 0.333. The molecule has 1 saturated heterocycles. The molecule has 3 aromatic rings. The van der Waals surface area contributed by atoms with Crippen LogP contribution in [0.15, 0.2) is 48.9 Å². The van der Waals surface area contributed by atoms with Gasteiger partial charge < -0.3 is 4.90 Å². The third-order valence-corrected chi connectivity index (χ3v) is 5.55. The van der Waals surface area contributed by atoms with Gasteiger partial charge in [0.2, 0.25) is 0 Å². The standard InChI is InChI=1S/C21H20F4N6O/c1-13-17(29-19-7-4-14(12-26-19)21(23,24)25)3-2-10-30(13)20(32)16-11-15(22)5-6-18(16)31-27-8-9-28-31/h4-9,11-13,17H,2-3,10H2,1H3,(H,26,29)/p+1/t13-,17+/m0/s1. The van der Waals surface area contributed by atoms with Crippen molar-refractivity contribution in [2.75, 3.05) is 11.9 Å². The minimum absolute atomic E-state index is 0.134. The lowest BCUT2D eigenvalue weighted by Gasteiger charge is -2.37. The second-order valence-corrected chi connectivity index (χ2v) is 7.60. The van der Waals surface area contributed by atoms with Gasteiger partial charge in [-0.15, -0.1) is 0 Å². The highest BCUT2D eigenvalue weighted by Crippen LogP contribution is 2.29. The number of H-pyrrole nitrogens is 1. The molecule has 11 heteroatoms. The van der Waals surface area contributed by atoms with E-state index in [0.717, 1.165) is 24.8 Å². The second kappa shape index (κ2) is 8.56. The summed E-state index contributed by atoms with van der Waals surface area (Å²) in [5.41, 5.74) is -0.281. The summed E-state index contributed by atoms with van der Waals surface area (Å²) in [6.45, 7) is 2.32. The molecule has 0 saturated carbocycles. The summed E-state index contributed by atoms with van der Waals surface area (Å²) in [6, 6.07) is 5.66. The number of hydrogen-bond donors (Lipinski definition) is 1. The molecule has 2 aromatic heterocycles. The summed E-state index contributed by atoms with van der Waals surface area (Å²) < 4.78 is 52.3. The molecule has 1 aromatic carbocycles. The number of hydrogen-bond acceptors (Lipinski definition) is 4. The maximum Gasteiger partial charge on any atom is 0.419 e. The third-order valence-electron chi connectivity index (χ3n) is 5.55. The first-order valence-electron chi connectivity index (χ1n) is 10.1. The van der Waals surface area contributed by atoms with E-state index in [4.69, 9.17) is 0 Å². The summed E-state index contributed by atoms with van der Waals surface area (Å²) in [5.74, 6) is -0.508. The smallest absolute Gasteiger partial charge is 0.332 e. The van der Waals surface area contributed by atoms with Gasteiger partial charge in [-0.2, -0.15) is 28.2 Å². The Balaban J connectivity index is 1.54. The lowest BCUT2D eigenvalue weighted by molar-refractivity contribution is -0.365. The molecule has 4 rings (SSSR count). The van der Waals surface area contributed by atoms with Crippen LogP contribution < -0.4 is 10.3 Å². The number of nitrogens with zero attached hydrogens (tertiary/aromatic N) is 4. The van der Waals surface area contributed by atoms with Crippen molar-refractivity contribution in [1.82, 2.24) is 19.9 Å². The van der Waals surface area contributed by atoms with E-state index in [-0.39, 0.29) is 23.6 Å². The number of alkyl halides is 3. The molecule has 1 aliphatic heterocycles. The van der Waals surface area contributed by atoms with Gasteiger partial charge in [-0.3, -0.25) is 10.1 Å². The molecule has 2 N–H and O–H groups in total. The number of benzene rings is 1. The van der Waals surface area contributed by atoms with E-state index >= 15 is 0 Å². The largest absolute Gasteiger partial charge is 0.419 e. The average molecular weight is 449 g/mol. The van der Waals surface area contributed by atoms with E-state index in [0.29, 0.717) is 24.5 Å². The maximum absolute atomic E-state index is 14.0. The number of aromatic nitrogens is 4. The zero-order valence-electron chi connectivity index (χ0n) is 17.1. The monoisotopic (exact) mass is 449 g/mol. The van der Waals surface area contributed by atoms with Gasteiger partial charge >= 0.3 is 6.18 Å². The second-order valence-electron chi connectivity index (χ2n) is 7.60. The van der Waals surface area contributed by atoms with Crippen molar-refractivity contribution >= 4 is 11.7 Å². The molecule has 1 fully saturated rings. The van der Waals surface area contributed by atoms with Crippen LogP contribution in [0.4, 0.5) is 23.4 Å². The highest BCUT2D eigenvalue weighted by molar-refractivity contribution is 5.98. The van der Waals surface area contributed by atoms with Crippen LogP contribution in [0.1, 0.15) is 35.7 Å². The number of halogens is 4. The fourth-order valence-electron chi connectivity index (χ4n) is 3.86. The Bertz CT molecular complexity index is 1080. The zero-order valence-corrected chi connectivity index (χ0v) is 17.1. The third kappa shape index (κ3) is 4.41. The van der Waals surface area contributed by atoms with Crippen molar-refractivity contribution < 1.29 is 27.3 Å². The Kier molecular flexibility index (Phi) is 5.81. The van der Waals surface area contributed by atoms with E-state index in [1.807, 2.05) is 6.92 Å². The Labute approximate surface area is 181 Å². The summed E-state index contributed by atoms with van der Waals surface area (Å²) in [5, 5.41) is 11.2. The van der Waals surface area contributed by atoms with Crippen LogP contribution in [0.2, 0.25) is 0 Å². The number of amides is 1. The molecule has 1 aliphatic rings. The lowest BCUT2D eigenvalue weighted by atomic mass is 9.96. The number of carbonyl (C=O) groups excluding carboxylic acids is 1. The van der Waals surface area contributed by atoms with Gasteiger partial charge in [0, 0.05) is 12.6 Å². The van der Waals surface area contributed by atoms with E-state index in [1.165, 1.54) is 35.4 Å². The van der Waals surface area contributed by atoms with Crippen LogP contribution in [-0.2, 0) is 6.18 Å².